The van der Waals surface area contributed by atoms with Crippen molar-refractivity contribution in [1.29, 1.82) is 0 Å². The van der Waals surface area contributed by atoms with Gasteiger partial charge in [-0.15, -0.1) is 0 Å². The van der Waals surface area contributed by atoms with E-state index in [0.717, 1.165) is 5.92 Å². The molecular weight excluding hydrogens is 184 g/mol. The Balaban J connectivity index is 1.96. The van der Waals surface area contributed by atoms with Crippen LogP contribution >= 0.6 is 0 Å². The third-order valence-corrected chi connectivity index (χ3v) is 4.58. The molecule has 2 aliphatic rings. The van der Waals surface area contributed by atoms with E-state index < -0.39 is 0 Å². The summed E-state index contributed by atoms with van der Waals surface area (Å²) in [6.45, 7) is 3.82. The maximum Gasteiger partial charge on any atom is -0.00147 e. The molecule has 0 radical (unpaired) electrons. The van der Waals surface area contributed by atoms with Crippen LogP contribution in [0, 0.1) is 11.3 Å². The van der Waals surface area contributed by atoms with Gasteiger partial charge >= 0.3 is 0 Å². The Bertz CT molecular complexity index is 189. The molecule has 0 aromatic heterocycles. The van der Waals surface area contributed by atoms with Crippen molar-refractivity contribution in [1.82, 2.24) is 10.2 Å². The number of rotatable bonds is 4. The van der Waals surface area contributed by atoms with E-state index in [9.17, 15) is 0 Å². The van der Waals surface area contributed by atoms with Gasteiger partial charge in [-0.3, -0.25) is 0 Å². The van der Waals surface area contributed by atoms with Gasteiger partial charge < -0.3 is 10.2 Å². The number of nitrogens with zero attached hydrogens (tertiary/aromatic N) is 1. The average molecular weight is 210 g/mol. The summed E-state index contributed by atoms with van der Waals surface area (Å²) in [5.41, 5.74) is 0.702. The van der Waals surface area contributed by atoms with Gasteiger partial charge in [-0.25, -0.2) is 0 Å². The molecule has 2 fully saturated rings. The van der Waals surface area contributed by atoms with Gasteiger partial charge in [0.25, 0.3) is 0 Å². The van der Waals surface area contributed by atoms with Gasteiger partial charge in [0.1, 0.15) is 0 Å². The third-order valence-electron chi connectivity index (χ3n) is 4.58. The second-order valence-electron chi connectivity index (χ2n) is 5.81. The summed E-state index contributed by atoms with van der Waals surface area (Å²) in [6, 6.07) is 0. The highest BCUT2D eigenvalue weighted by Crippen LogP contribution is 2.49. The zero-order chi connectivity index (χ0) is 10.7. The van der Waals surface area contributed by atoms with Crippen LogP contribution in [0.15, 0.2) is 0 Å². The Morgan fingerprint density at radius 1 is 1.27 bits per heavy atom. The minimum absolute atomic E-state index is 0.702. The molecule has 1 aliphatic heterocycles. The van der Waals surface area contributed by atoms with Gasteiger partial charge in [0.05, 0.1) is 0 Å². The quantitative estimate of drug-likeness (QED) is 0.764. The summed E-state index contributed by atoms with van der Waals surface area (Å²) < 4.78 is 0. The van der Waals surface area contributed by atoms with E-state index in [-0.39, 0.29) is 0 Å². The smallest absolute Gasteiger partial charge is 0.00147 e. The molecule has 2 nitrogen and oxygen atoms in total. The van der Waals surface area contributed by atoms with Gasteiger partial charge in [0, 0.05) is 0 Å². The van der Waals surface area contributed by atoms with Crippen molar-refractivity contribution in [2.75, 3.05) is 33.7 Å². The second kappa shape index (κ2) is 4.84. The maximum absolute atomic E-state index is 3.55. The van der Waals surface area contributed by atoms with Crippen molar-refractivity contribution >= 4 is 0 Å². The van der Waals surface area contributed by atoms with Gasteiger partial charge in [-0.2, -0.15) is 0 Å². The molecule has 88 valence electrons. The molecule has 1 aliphatic carbocycles. The molecule has 1 saturated carbocycles. The van der Waals surface area contributed by atoms with Crippen LogP contribution in [0.1, 0.15) is 38.5 Å². The molecule has 1 unspecified atom stereocenters. The molecule has 0 aromatic carbocycles. The third kappa shape index (κ3) is 2.54. The molecule has 0 spiro atoms. The van der Waals surface area contributed by atoms with Crippen LogP contribution < -0.4 is 5.32 Å². The first-order valence-electron chi connectivity index (χ1n) is 6.58. The Morgan fingerprint density at radius 2 is 2.00 bits per heavy atom. The van der Waals surface area contributed by atoms with Crippen LogP contribution in [-0.4, -0.2) is 38.6 Å². The van der Waals surface area contributed by atoms with Crippen molar-refractivity contribution in [3.8, 4) is 0 Å². The van der Waals surface area contributed by atoms with E-state index in [0.29, 0.717) is 5.41 Å². The van der Waals surface area contributed by atoms with Crippen molar-refractivity contribution < 1.29 is 0 Å². The molecule has 0 aromatic rings. The molecule has 1 saturated heterocycles. The standard InChI is InChI=1S/C13H26N2/c1-15(2)10-8-13(6-3-4-7-13)12-5-9-14-11-12/h12,14H,3-11H2,1-2H3. The van der Waals surface area contributed by atoms with Gasteiger partial charge in [0.2, 0.25) is 0 Å². The van der Waals surface area contributed by atoms with E-state index in [1.807, 2.05) is 0 Å². The van der Waals surface area contributed by atoms with Gasteiger partial charge in [-0.1, -0.05) is 12.8 Å². The predicted octanol–water partition coefficient (Wildman–Crippen LogP) is 2.11. The number of hydrogen-bond donors (Lipinski definition) is 1. The van der Waals surface area contributed by atoms with E-state index in [1.54, 1.807) is 0 Å². The zero-order valence-corrected chi connectivity index (χ0v) is 10.4. The van der Waals surface area contributed by atoms with Crippen molar-refractivity contribution in [2.24, 2.45) is 11.3 Å². The van der Waals surface area contributed by atoms with Crippen molar-refractivity contribution in [3.63, 3.8) is 0 Å². The summed E-state index contributed by atoms with van der Waals surface area (Å²) in [6.07, 6.45) is 8.79. The normalized spacial score (nSPS) is 30.2. The van der Waals surface area contributed by atoms with Crippen LogP contribution in [0.3, 0.4) is 0 Å². The van der Waals surface area contributed by atoms with Crippen LogP contribution in [0.5, 0.6) is 0 Å². The minimum atomic E-state index is 0.702. The largest absolute Gasteiger partial charge is 0.316 e. The second-order valence-corrected chi connectivity index (χ2v) is 5.81. The van der Waals surface area contributed by atoms with Crippen LogP contribution in [0.4, 0.5) is 0 Å². The lowest BCUT2D eigenvalue weighted by Gasteiger charge is -2.36. The highest BCUT2D eigenvalue weighted by molar-refractivity contribution is 4.94. The predicted molar refractivity (Wildman–Crippen MR) is 65.0 cm³/mol. The summed E-state index contributed by atoms with van der Waals surface area (Å²) in [5.74, 6) is 0.972. The van der Waals surface area contributed by atoms with E-state index in [2.05, 4.69) is 24.3 Å². The van der Waals surface area contributed by atoms with Crippen LogP contribution in [0.25, 0.3) is 0 Å². The molecule has 1 N–H and O–H groups in total. The molecule has 1 atom stereocenters. The average Bonchev–Trinajstić information content (AvgIpc) is 2.86. The number of nitrogens with one attached hydrogen (secondary N) is 1. The fourth-order valence-electron chi connectivity index (χ4n) is 3.57. The Labute approximate surface area is 94.4 Å². The molecular formula is C13H26N2. The highest BCUT2D eigenvalue weighted by Gasteiger charge is 2.41. The van der Waals surface area contributed by atoms with Gasteiger partial charge in [0.15, 0.2) is 0 Å². The molecule has 0 amide bonds. The Hall–Kier alpha value is -0.0800. The summed E-state index contributed by atoms with van der Waals surface area (Å²) in [4.78, 5) is 2.35. The lowest BCUT2D eigenvalue weighted by Crippen LogP contribution is -2.33. The van der Waals surface area contributed by atoms with Gasteiger partial charge in [-0.05, 0) is 70.7 Å². The lowest BCUT2D eigenvalue weighted by molar-refractivity contribution is 0.146. The Kier molecular flexibility index (Phi) is 3.68. The highest BCUT2D eigenvalue weighted by atomic mass is 15.0. The topological polar surface area (TPSA) is 15.3 Å². The molecule has 2 rings (SSSR count). The fourth-order valence-corrected chi connectivity index (χ4v) is 3.57. The first-order chi connectivity index (χ1) is 7.23. The fraction of sp³-hybridized carbons (Fsp3) is 1.00. The van der Waals surface area contributed by atoms with E-state index >= 15 is 0 Å². The van der Waals surface area contributed by atoms with E-state index in [4.69, 9.17) is 0 Å². The van der Waals surface area contributed by atoms with E-state index in [1.165, 1.54) is 58.2 Å². The van der Waals surface area contributed by atoms with Crippen molar-refractivity contribution in [3.05, 3.63) is 0 Å². The van der Waals surface area contributed by atoms with Crippen molar-refractivity contribution in [2.45, 2.75) is 38.5 Å². The maximum atomic E-state index is 3.55. The monoisotopic (exact) mass is 210 g/mol. The molecule has 0 bridgehead atoms. The summed E-state index contributed by atoms with van der Waals surface area (Å²) in [7, 11) is 4.41. The molecule has 15 heavy (non-hydrogen) atoms. The summed E-state index contributed by atoms with van der Waals surface area (Å²) >= 11 is 0. The SMILES string of the molecule is CN(C)CCC1(C2CCNC2)CCCC1. The first kappa shape index (κ1) is 11.4. The molecule has 2 heteroatoms. The minimum Gasteiger partial charge on any atom is -0.316 e. The molecule has 1 heterocycles. The number of hydrogen-bond acceptors (Lipinski definition) is 2. The lowest BCUT2D eigenvalue weighted by atomic mass is 9.71. The zero-order valence-electron chi connectivity index (χ0n) is 10.4. The Morgan fingerprint density at radius 3 is 2.53 bits per heavy atom. The summed E-state index contributed by atoms with van der Waals surface area (Å²) in [5, 5.41) is 3.55. The van der Waals surface area contributed by atoms with Crippen LogP contribution in [-0.2, 0) is 0 Å². The van der Waals surface area contributed by atoms with Crippen LogP contribution in [0.2, 0.25) is 0 Å². The first-order valence-corrected chi connectivity index (χ1v) is 6.58.